The predicted molar refractivity (Wildman–Crippen MR) is 57.5 cm³/mol. The zero-order valence-electron chi connectivity index (χ0n) is 6.37. The number of halogens is 2. The number of oxazole rings is 1. The predicted octanol–water partition coefficient (Wildman–Crippen LogP) is 2.99. The number of hydrogen-bond acceptors (Lipinski definition) is 3. The summed E-state index contributed by atoms with van der Waals surface area (Å²) in [4.78, 5) is 7.91. The molecule has 0 bridgehead atoms. The first-order valence-electron chi connectivity index (χ1n) is 3.47. The van der Waals surface area contributed by atoms with Crippen molar-refractivity contribution in [1.29, 1.82) is 0 Å². The Morgan fingerprint density at radius 3 is 2.85 bits per heavy atom. The average molecular weight is 306 g/mol. The van der Waals surface area contributed by atoms with Crippen LogP contribution in [0.1, 0.15) is 0 Å². The lowest BCUT2D eigenvalue weighted by Gasteiger charge is -1.97. The van der Waals surface area contributed by atoms with Crippen LogP contribution < -0.4 is 0 Å². The first-order valence-corrected chi connectivity index (χ1v) is 4.93. The minimum atomic E-state index is 0.620. The van der Waals surface area contributed by atoms with Crippen molar-refractivity contribution in [2.75, 3.05) is 0 Å². The van der Waals surface area contributed by atoms with E-state index in [-0.39, 0.29) is 0 Å². The standard InChI is InChI=1S/C8H4ClIN2O/c9-6-1-5(2-12-8(6)10)7-3-11-4-13-7/h1-4H. The minimum absolute atomic E-state index is 0.620. The summed E-state index contributed by atoms with van der Waals surface area (Å²) >= 11 is 7.97. The van der Waals surface area contributed by atoms with Gasteiger partial charge in [0, 0.05) is 11.8 Å². The summed E-state index contributed by atoms with van der Waals surface area (Å²) < 4.78 is 5.88. The zero-order valence-corrected chi connectivity index (χ0v) is 9.28. The third kappa shape index (κ3) is 1.83. The molecule has 0 amide bonds. The van der Waals surface area contributed by atoms with Gasteiger partial charge >= 0.3 is 0 Å². The second-order valence-corrected chi connectivity index (χ2v) is 3.79. The van der Waals surface area contributed by atoms with Crippen molar-refractivity contribution < 1.29 is 4.42 Å². The lowest BCUT2D eigenvalue weighted by molar-refractivity contribution is 0.571. The number of pyridine rings is 1. The maximum Gasteiger partial charge on any atom is 0.181 e. The molecule has 0 radical (unpaired) electrons. The van der Waals surface area contributed by atoms with Crippen LogP contribution in [0.3, 0.4) is 0 Å². The average Bonchev–Trinajstić information content (AvgIpc) is 2.62. The highest BCUT2D eigenvalue weighted by molar-refractivity contribution is 14.1. The first-order chi connectivity index (χ1) is 6.27. The number of rotatable bonds is 1. The molecule has 0 saturated carbocycles. The summed E-state index contributed by atoms with van der Waals surface area (Å²) in [5, 5.41) is 0.620. The first kappa shape index (κ1) is 8.96. The smallest absolute Gasteiger partial charge is 0.181 e. The topological polar surface area (TPSA) is 38.9 Å². The fourth-order valence-corrected chi connectivity index (χ4v) is 1.38. The number of hydrogen-bond donors (Lipinski definition) is 0. The maximum atomic E-state index is 5.90. The molecule has 0 aliphatic heterocycles. The largest absolute Gasteiger partial charge is 0.443 e. The van der Waals surface area contributed by atoms with E-state index in [1.54, 1.807) is 18.5 Å². The van der Waals surface area contributed by atoms with Gasteiger partial charge in [0.15, 0.2) is 12.2 Å². The second kappa shape index (κ2) is 3.63. The highest BCUT2D eigenvalue weighted by atomic mass is 127. The minimum Gasteiger partial charge on any atom is -0.443 e. The van der Waals surface area contributed by atoms with Gasteiger partial charge < -0.3 is 4.42 Å². The van der Waals surface area contributed by atoms with Crippen molar-refractivity contribution in [2.24, 2.45) is 0 Å². The number of aromatic nitrogens is 2. The van der Waals surface area contributed by atoms with Gasteiger partial charge in [-0.2, -0.15) is 0 Å². The molecule has 2 aromatic rings. The summed E-state index contributed by atoms with van der Waals surface area (Å²) in [5.41, 5.74) is 0.836. The molecular weight excluding hydrogens is 302 g/mol. The van der Waals surface area contributed by atoms with Gasteiger partial charge in [0.25, 0.3) is 0 Å². The van der Waals surface area contributed by atoms with E-state index >= 15 is 0 Å². The van der Waals surface area contributed by atoms with Gasteiger partial charge in [-0.1, -0.05) is 11.6 Å². The molecule has 0 aromatic carbocycles. The Morgan fingerprint density at radius 1 is 1.38 bits per heavy atom. The molecule has 5 heteroatoms. The summed E-state index contributed by atoms with van der Waals surface area (Å²) in [6.07, 6.45) is 4.70. The Labute approximate surface area is 93.3 Å². The monoisotopic (exact) mass is 306 g/mol. The Kier molecular flexibility index (Phi) is 2.50. The lowest BCUT2D eigenvalue weighted by atomic mass is 10.2. The second-order valence-electron chi connectivity index (χ2n) is 2.36. The van der Waals surface area contributed by atoms with E-state index in [1.165, 1.54) is 6.39 Å². The Balaban J connectivity index is 2.49. The summed E-state index contributed by atoms with van der Waals surface area (Å²) in [6.45, 7) is 0. The van der Waals surface area contributed by atoms with Crippen molar-refractivity contribution in [1.82, 2.24) is 9.97 Å². The van der Waals surface area contributed by atoms with Gasteiger partial charge in [-0.3, -0.25) is 0 Å². The summed E-state index contributed by atoms with van der Waals surface area (Å²) in [5.74, 6) is 0.672. The summed E-state index contributed by atoms with van der Waals surface area (Å²) in [7, 11) is 0. The molecule has 13 heavy (non-hydrogen) atoms. The SMILES string of the molecule is Clc1cc(-c2cnco2)cnc1I. The van der Waals surface area contributed by atoms with Crippen LogP contribution in [0.4, 0.5) is 0 Å². The Morgan fingerprint density at radius 2 is 2.23 bits per heavy atom. The zero-order chi connectivity index (χ0) is 9.26. The van der Waals surface area contributed by atoms with E-state index in [9.17, 15) is 0 Å². The molecule has 0 unspecified atom stereocenters. The molecular formula is C8H4ClIN2O. The van der Waals surface area contributed by atoms with E-state index in [0.29, 0.717) is 10.8 Å². The maximum absolute atomic E-state index is 5.90. The van der Waals surface area contributed by atoms with E-state index in [2.05, 4.69) is 32.6 Å². The number of nitrogens with zero attached hydrogens (tertiary/aromatic N) is 2. The molecule has 2 aromatic heterocycles. The van der Waals surface area contributed by atoms with Crippen molar-refractivity contribution in [3.63, 3.8) is 0 Å². The lowest BCUT2D eigenvalue weighted by Crippen LogP contribution is -1.83. The molecule has 0 aliphatic rings. The molecule has 0 fully saturated rings. The van der Waals surface area contributed by atoms with Gasteiger partial charge in [0.1, 0.15) is 3.70 Å². The highest BCUT2D eigenvalue weighted by Crippen LogP contribution is 2.23. The molecule has 66 valence electrons. The normalized spacial score (nSPS) is 10.3. The van der Waals surface area contributed by atoms with Crippen molar-refractivity contribution in [2.45, 2.75) is 0 Å². The van der Waals surface area contributed by atoms with Gasteiger partial charge in [-0.25, -0.2) is 9.97 Å². The molecule has 0 atom stereocenters. The molecule has 3 nitrogen and oxygen atoms in total. The van der Waals surface area contributed by atoms with Crippen LogP contribution in [0.5, 0.6) is 0 Å². The molecule has 0 saturated heterocycles. The molecule has 0 spiro atoms. The summed E-state index contributed by atoms with van der Waals surface area (Å²) in [6, 6.07) is 1.80. The highest BCUT2D eigenvalue weighted by Gasteiger charge is 2.04. The molecule has 2 rings (SSSR count). The van der Waals surface area contributed by atoms with Crippen LogP contribution in [0.2, 0.25) is 5.02 Å². The molecule has 0 N–H and O–H groups in total. The van der Waals surface area contributed by atoms with Gasteiger partial charge in [-0.15, -0.1) is 0 Å². The quantitative estimate of drug-likeness (QED) is 0.600. The molecule has 0 aliphatic carbocycles. The van der Waals surface area contributed by atoms with E-state index < -0.39 is 0 Å². The van der Waals surface area contributed by atoms with Crippen molar-refractivity contribution in [3.05, 3.63) is 33.6 Å². The fourth-order valence-electron chi connectivity index (χ4n) is 0.914. The van der Waals surface area contributed by atoms with Crippen molar-refractivity contribution >= 4 is 34.2 Å². The van der Waals surface area contributed by atoms with Crippen LogP contribution in [-0.2, 0) is 0 Å². The van der Waals surface area contributed by atoms with Crippen LogP contribution in [0.15, 0.2) is 29.3 Å². The van der Waals surface area contributed by atoms with E-state index in [4.69, 9.17) is 16.0 Å². The van der Waals surface area contributed by atoms with E-state index in [1.807, 2.05) is 0 Å². The van der Waals surface area contributed by atoms with Gasteiger partial charge in [0.05, 0.1) is 11.2 Å². The van der Waals surface area contributed by atoms with Crippen molar-refractivity contribution in [3.8, 4) is 11.3 Å². The van der Waals surface area contributed by atoms with Gasteiger partial charge in [-0.05, 0) is 28.7 Å². The van der Waals surface area contributed by atoms with Crippen LogP contribution in [-0.4, -0.2) is 9.97 Å². The molecule has 2 heterocycles. The van der Waals surface area contributed by atoms with E-state index in [0.717, 1.165) is 9.26 Å². The third-order valence-corrected chi connectivity index (χ3v) is 2.98. The van der Waals surface area contributed by atoms with Crippen LogP contribution in [0, 0.1) is 3.70 Å². The van der Waals surface area contributed by atoms with Crippen LogP contribution in [0.25, 0.3) is 11.3 Å². The third-order valence-electron chi connectivity index (χ3n) is 1.51. The van der Waals surface area contributed by atoms with Gasteiger partial charge in [0.2, 0.25) is 0 Å². The van der Waals surface area contributed by atoms with Crippen LogP contribution >= 0.6 is 34.2 Å². The Bertz CT molecular complexity index is 416. The fraction of sp³-hybridized carbons (Fsp3) is 0. The Hall–Kier alpha value is -0.620.